The lowest BCUT2D eigenvalue weighted by atomic mass is 9.68. The van der Waals surface area contributed by atoms with E-state index in [2.05, 4.69) is 15.6 Å². The lowest BCUT2D eigenvalue weighted by Gasteiger charge is -2.47. The van der Waals surface area contributed by atoms with Crippen molar-refractivity contribution in [2.24, 2.45) is 17.3 Å². The zero-order valence-electron chi connectivity index (χ0n) is 31.8. The van der Waals surface area contributed by atoms with E-state index in [4.69, 9.17) is 21.1 Å². The molecule has 3 aromatic carbocycles. The number of aryl methyl sites for hydroxylation is 1. The number of phenolic OH excluding ortho intramolecular Hbond substituents is 1. The number of hydrogen-bond acceptors (Lipinski definition) is 8. The molecular weight excluding hydrogens is 722 g/mol. The van der Waals surface area contributed by atoms with Gasteiger partial charge in [0, 0.05) is 67.5 Å². The van der Waals surface area contributed by atoms with Gasteiger partial charge in [-0.2, -0.15) is 0 Å². The standard InChI is InChI=1S/C42H50ClN5O7/c1-26(2)55-37-14-11-28(16-38(37)54-4)41(53)47-20-30-21-48(39(51)17-29-19-45-36-18-31(43)12-13-33(29)36)24-42(25-49,34(30)22-47)23-46-35(40(52)44-3)10-6-8-27-7-5-9-32(50)15-27/h5,7,9,11-16,18-19,25-26,30,34-35,45-46,50H,6,8,10,17,20-24H2,1-4H3,(H,44,52)/t30?,34?,35-,42?/m0/s1. The fraction of sp³-hybridized carbons (Fsp3) is 0.429. The molecule has 3 amide bonds. The summed E-state index contributed by atoms with van der Waals surface area (Å²) < 4.78 is 11.4. The van der Waals surface area contributed by atoms with Crippen molar-refractivity contribution in [2.45, 2.75) is 51.7 Å². The summed E-state index contributed by atoms with van der Waals surface area (Å²) in [4.78, 5) is 61.6. The fourth-order valence-corrected chi connectivity index (χ4v) is 8.36. The molecule has 1 aromatic heterocycles. The van der Waals surface area contributed by atoms with Gasteiger partial charge in [0.15, 0.2) is 11.5 Å². The lowest BCUT2D eigenvalue weighted by molar-refractivity contribution is -0.141. The Morgan fingerprint density at radius 3 is 2.58 bits per heavy atom. The van der Waals surface area contributed by atoms with E-state index < -0.39 is 11.5 Å². The fourth-order valence-electron chi connectivity index (χ4n) is 8.19. The number of phenols is 1. The molecule has 0 bridgehead atoms. The topological polar surface area (TPSA) is 153 Å². The van der Waals surface area contributed by atoms with Gasteiger partial charge in [0.25, 0.3) is 5.91 Å². The second kappa shape index (κ2) is 17.2. The van der Waals surface area contributed by atoms with E-state index in [0.717, 1.165) is 28.3 Å². The molecule has 0 saturated carbocycles. The zero-order valence-corrected chi connectivity index (χ0v) is 32.5. The SMILES string of the molecule is CNC(=O)[C@H](CCCc1cccc(O)c1)NCC1(C=O)CN(C(=O)Cc2c[nH]c3cc(Cl)ccc23)CC2CN(C(=O)c3ccc(OC(C)C)c(OC)c3)CC21. The first kappa shape index (κ1) is 39.6. The maximum absolute atomic E-state index is 14.1. The number of aromatic amines is 1. The highest BCUT2D eigenvalue weighted by Gasteiger charge is 2.54. The first-order valence-electron chi connectivity index (χ1n) is 18.8. The third-order valence-electron chi connectivity index (χ3n) is 10.9. The van der Waals surface area contributed by atoms with E-state index in [-0.39, 0.29) is 60.9 Å². The number of likely N-dealkylation sites (tertiary alicyclic amines) is 2. The number of likely N-dealkylation sites (N-methyl/N-ethyl adjacent to an activating group) is 1. The number of carbonyl (C=O) groups excluding carboxylic acids is 4. The molecule has 0 aliphatic carbocycles. The number of carbonyl (C=O) groups is 4. The van der Waals surface area contributed by atoms with Gasteiger partial charge in [0.2, 0.25) is 11.8 Å². The zero-order chi connectivity index (χ0) is 39.3. The van der Waals surface area contributed by atoms with Crippen LogP contribution in [0.1, 0.15) is 48.2 Å². The molecule has 0 radical (unpaired) electrons. The molecule has 2 aliphatic heterocycles. The number of halogens is 1. The number of aromatic nitrogens is 1. The molecule has 3 unspecified atom stereocenters. The van der Waals surface area contributed by atoms with E-state index in [1.807, 2.05) is 38.2 Å². The largest absolute Gasteiger partial charge is 0.508 e. The summed E-state index contributed by atoms with van der Waals surface area (Å²) in [5.74, 6) is 0.157. The predicted molar refractivity (Wildman–Crippen MR) is 211 cm³/mol. The van der Waals surface area contributed by atoms with Crippen LogP contribution in [0.15, 0.2) is 66.9 Å². The summed E-state index contributed by atoms with van der Waals surface area (Å²) in [5, 5.41) is 17.5. The molecule has 292 valence electrons. The van der Waals surface area contributed by atoms with Crippen molar-refractivity contribution < 1.29 is 33.8 Å². The number of rotatable bonds is 15. The molecule has 13 heteroatoms. The van der Waals surface area contributed by atoms with E-state index >= 15 is 0 Å². The average Bonchev–Trinajstić information content (AvgIpc) is 3.79. The normalized spacial score (nSPS) is 20.0. The van der Waals surface area contributed by atoms with E-state index in [1.54, 1.807) is 59.3 Å². The number of methoxy groups -OCH3 is 1. The summed E-state index contributed by atoms with van der Waals surface area (Å²) in [7, 11) is 3.11. The van der Waals surface area contributed by atoms with Crippen molar-refractivity contribution in [1.29, 1.82) is 0 Å². The quantitative estimate of drug-likeness (QED) is 0.123. The Morgan fingerprint density at radius 1 is 1.05 bits per heavy atom. The number of nitrogens with zero attached hydrogens (tertiary/aromatic N) is 2. The van der Waals surface area contributed by atoms with Crippen LogP contribution >= 0.6 is 11.6 Å². The number of benzene rings is 3. The second-order valence-corrected chi connectivity index (χ2v) is 15.5. The molecule has 4 atom stereocenters. The Hall–Kier alpha value is -5.07. The van der Waals surface area contributed by atoms with Crippen LogP contribution in [0.3, 0.4) is 0 Å². The average molecular weight is 772 g/mol. The highest BCUT2D eigenvalue weighted by atomic mass is 35.5. The molecule has 3 heterocycles. The van der Waals surface area contributed by atoms with Crippen LogP contribution in [0, 0.1) is 17.3 Å². The first-order valence-corrected chi connectivity index (χ1v) is 19.2. The van der Waals surface area contributed by atoms with Gasteiger partial charge in [-0.3, -0.25) is 14.4 Å². The van der Waals surface area contributed by atoms with Crippen LogP contribution in [-0.2, 0) is 27.2 Å². The molecule has 4 N–H and O–H groups in total. The minimum Gasteiger partial charge on any atom is -0.508 e. The Bertz CT molecular complexity index is 2030. The van der Waals surface area contributed by atoms with Gasteiger partial charge >= 0.3 is 0 Å². The molecule has 2 saturated heterocycles. The predicted octanol–water partition coefficient (Wildman–Crippen LogP) is 5.01. The molecule has 0 spiro atoms. The minimum atomic E-state index is -1.09. The van der Waals surface area contributed by atoms with Crippen molar-refractivity contribution in [1.82, 2.24) is 25.4 Å². The van der Waals surface area contributed by atoms with Crippen LogP contribution in [0.4, 0.5) is 0 Å². The molecule has 4 aromatic rings. The second-order valence-electron chi connectivity index (χ2n) is 15.0. The molecule has 12 nitrogen and oxygen atoms in total. The van der Waals surface area contributed by atoms with Crippen LogP contribution in [0.25, 0.3) is 10.9 Å². The number of hydrogen-bond donors (Lipinski definition) is 4. The molecule has 2 aliphatic rings. The number of amides is 3. The summed E-state index contributed by atoms with van der Waals surface area (Å²) in [6.45, 7) is 5.14. The Balaban J connectivity index is 1.25. The summed E-state index contributed by atoms with van der Waals surface area (Å²) in [5.41, 5.74) is 1.95. The Morgan fingerprint density at radius 2 is 1.85 bits per heavy atom. The Kier molecular flexibility index (Phi) is 12.4. The molecule has 2 fully saturated rings. The smallest absolute Gasteiger partial charge is 0.254 e. The summed E-state index contributed by atoms with van der Waals surface area (Å²) in [6.07, 6.45) is 4.56. The van der Waals surface area contributed by atoms with Crippen molar-refractivity contribution in [2.75, 3.05) is 46.9 Å². The molecule has 6 rings (SSSR count). The first-order chi connectivity index (χ1) is 26.4. The monoisotopic (exact) mass is 771 g/mol. The van der Waals surface area contributed by atoms with Gasteiger partial charge in [-0.25, -0.2) is 0 Å². The van der Waals surface area contributed by atoms with Gasteiger partial charge in [0.1, 0.15) is 12.0 Å². The molecule has 55 heavy (non-hydrogen) atoms. The third kappa shape index (κ3) is 8.92. The third-order valence-corrected chi connectivity index (χ3v) is 11.2. The summed E-state index contributed by atoms with van der Waals surface area (Å²) in [6, 6.07) is 17.0. The number of aldehydes is 1. The number of fused-ring (bicyclic) bond motifs is 2. The van der Waals surface area contributed by atoms with Crippen LogP contribution in [-0.4, -0.2) is 103 Å². The number of H-pyrrole nitrogens is 1. The maximum Gasteiger partial charge on any atom is 0.254 e. The number of ether oxygens (including phenoxy) is 2. The van der Waals surface area contributed by atoms with Gasteiger partial charge in [-0.05, 0) is 98.5 Å². The van der Waals surface area contributed by atoms with Crippen LogP contribution < -0.4 is 20.1 Å². The van der Waals surface area contributed by atoms with E-state index in [9.17, 15) is 24.3 Å². The van der Waals surface area contributed by atoms with Gasteiger partial charge in [-0.1, -0.05) is 29.8 Å². The van der Waals surface area contributed by atoms with Crippen molar-refractivity contribution in [3.63, 3.8) is 0 Å². The lowest BCUT2D eigenvalue weighted by Crippen LogP contribution is -2.61. The van der Waals surface area contributed by atoms with Gasteiger partial charge < -0.3 is 44.8 Å². The minimum absolute atomic E-state index is 0.0799. The highest BCUT2D eigenvalue weighted by molar-refractivity contribution is 6.31. The van der Waals surface area contributed by atoms with Crippen molar-refractivity contribution in [3.8, 4) is 17.2 Å². The van der Waals surface area contributed by atoms with E-state index in [0.29, 0.717) is 61.0 Å². The van der Waals surface area contributed by atoms with Gasteiger partial charge in [-0.15, -0.1) is 0 Å². The van der Waals surface area contributed by atoms with Crippen molar-refractivity contribution in [3.05, 3.63) is 88.6 Å². The van der Waals surface area contributed by atoms with E-state index in [1.165, 1.54) is 7.11 Å². The highest BCUT2D eigenvalue weighted by Crippen LogP contribution is 2.43. The molecular formula is C42H50ClN5O7. The van der Waals surface area contributed by atoms with Crippen LogP contribution in [0.5, 0.6) is 17.2 Å². The number of piperidine rings is 1. The van der Waals surface area contributed by atoms with Crippen molar-refractivity contribution >= 4 is 46.5 Å². The number of nitrogens with one attached hydrogen (secondary N) is 3. The Labute approximate surface area is 326 Å². The summed E-state index contributed by atoms with van der Waals surface area (Å²) >= 11 is 6.20. The maximum atomic E-state index is 14.1. The number of aromatic hydroxyl groups is 1. The van der Waals surface area contributed by atoms with Gasteiger partial charge in [0.05, 0.1) is 31.1 Å². The van der Waals surface area contributed by atoms with Crippen LogP contribution in [0.2, 0.25) is 5.02 Å².